The average molecular weight is 593 g/mol. The first-order chi connectivity index (χ1) is 14.4. The van der Waals surface area contributed by atoms with E-state index in [1.807, 2.05) is 0 Å². The van der Waals surface area contributed by atoms with Gasteiger partial charge in [0.15, 0.2) is 16.6 Å². The van der Waals surface area contributed by atoms with Gasteiger partial charge in [0, 0.05) is 10.3 Å². The molecule has 0 bridgehead atoms. The van der Waals surface area contributed by atoms with E-state index in [1.54, 1.807) is 0 Å². The van der Waals surface area contributed by atoms with Crippen LogP contribution in [0.5, 0.6) is 0 Å². The second-order valence-corrected chi connectivity index (χ2v) is 22.7. The van der Waals surface area contributed by atoms with E-state index in [2.05, 4.69) is 141 Å². The Morgan fingerprint density at radius 2 is 1.44 bits per heavy atom. The van der Waals surface area contributed by atoms with E-state index in [4.69, 9.17) is 8.85 Å². The van der Waals surface area contributed by atoms with Crippen LogP contribution in [0.1, 0.15) is 68.7 Å². The molecule has 0 aromatic heterocycles. The highest BCUT2D eigenvalue weighted by Gasteiger charge is 2.39. The van der Waals surface area contributed by atoms with Crippen LogP contribution < -0.4 is 0 Å². The molecule has 32 heavy (non-hydrogen) atoms. The highest BCUT2D eigenvalue weighted by atomic mass is 127. The molecule has 0 radical (unpaired) electrons. The van der Waals surface area contributed by atoms with E-state index in [9.17, 15) is 0 Å². The lowest BCUT2D eigenvalue weighted by Gasteiger charge is -2.40. The van der Waals surface area contributed by atoms with Crippen LogP contribution in [-0.4, -0.2) is 33.8 Å². The first kappa shape index (κ1) is 32.3. The minimum atomic E-state index is -1.88. The molecule has 0 N–H and O–H groups in total. The summed E-state index contributed by atoms with van der Waals surface area (Å²) in [5.41, 5.74) is 1.40. The third-order valence-electron chi connectivity index (χ3n) is 7.19. The summed E-state index contributed by atoms with van der Waals surface area (Å²) in [5, 5.41) is 0.425. The second-order valence-electron chi connectivity index (χ2n) is 12.3. The van der Waals surface area contributed by atoms with E-state index in [-0.39, 0.29) is 16.2 Å². The maximum Gasteiger partial charge on any atom is 0.192 e. The zero-order chi connectivity index (χ0) is 25.4. The Balaban J connectivity index is 5.59. The van der Waals surface area contributed by atoms with Crippen LogP contribution in [0.15, 0.2) is 36.0 Å². The molecule has 0 saturated carbocycles. The van der Waals surface area contributed by atoms with E-state index < -0.39 is 16.6 Å². The van der Waals surface area contributed by atoms with Crippen molar-refractivity contribution in [3.8, 4) is 0 Å². The number of allylic oxidation sites excluding steroid dienone is 3. The summed E-state index contributed by atoms with van der Waals surface area (Å²) in [6.07, 6.45) is 12.6. The summed E-state index contributed by atoms with van der Waals surface area (Å²) >= 11 is 2.47. The van der Waals surface area contributed by atoms with E-state index in [0.717, 1.165) is 10.8 Å². The van der Waals surface area contributed by atoms with Crippen molar-refractivity contribution in [2.75, 3.05) is 11.0 Å². The molecule has 188 valence electrons. The Bertz CT molecular complexity index is 637. The molecule has 0 rings (SSSR count). The predicted molar refractivity (Wildman–Crippen MR) is 159 cm³/mol. The van der Waals surface area contributed by atoms with Crippen molar-refractivity contribution in [1.82, 2.24) is 0 Å². The largest absolute Gasteiger partial charge is 0.413 e. The minimum absolute atomic E-state index is 0.0740. The first-order valence-corrected chi connectivity index (χ1v) is 19.7. The quantitative estimate of drug-likeness (QED) is 0.0739. The molecule has 0 aromatic rings. The van der Waals surface area contributed by atoms with Crippen LogP contribution in [0, 0.1) is 11.8 Å². The van der Waals surface area contributed by atoms with Gasteiger partial charge in [-0.3, -0.25) is 0 Å². The highest BCUT2D eigenvalue weighted by Crippen LogP contribution is 2.39. The molecule has 2 nitrogen and oxygen atoms in total. The lowest BCUT2D eigenvalue weighted by molar-refractivity contribution is 0.189. The molecule has 0 aliphatic heterocycles. The third-order valence-corrected chi connectivity index (χ3v) is 17.6. The Hall–Kier alpha value is 0.304. The first-order valence-electron chi connectivity index (χ1n) is 12.3. The fourth-order valence-corrected chi connectivity index (χ4v) is 5.14. The molecule has 0 aliphatic rings. The lowest BCUT2D eigenvalue weighted by atomic mass is 10.0. The maximum atomic E-state index is 6.88. The number of hydrogen-bond donors (Lipinski definition) is 0. The van der Waals surface area contributed by atoms with Crippen LogP contribution in [0.4, 0.5) is 0 Å². The van der Waals surface area contributed by atoms with Crippen molar-refractivity contribution in [1.29, 1.82) is 0 Å². The fourth-order valence-electron chi connectivity index (χ4n) is 2.61. The van der Waals surface area contributed by atoms with Gasteiger partial charge in [-0.05, 0) is 48.6 Å². The molecule has 0 aliphatic carbocycles. The molecule has 0 aromatic carbocycles. The van der Waals surface area contributed by atoms with Crippen LogP contribution >= 0.6 is 22.6 Å². The molecule has 0 saturated heterocycles. The van der Waals surface area contributed by atoms with Gasteiger partial charge in [-0.25, -0.2) is 0 Å². The van der Waals surface area contributed by atoms with Crippen molar-refractivity contribution in [3.63, 3.8) is 0 Å². The van der Waals surface area contributed by atoms with Crippen molar-refractivity contribution < 1.29 is 8.85 Å². The van der Waals surface area contributed by atoms with Gasteiger partial charge in [0.25, 0.3) is 0 Å². The molecular weight excluding hydrogens is 539 g/mol. The van der Waals surface area contributed by atoms with Gasteiger partial charge >= 0.3 is 0 Å². The van der Waals surface area contributed by atoms with Gasteiger partial charge in [-0.1, -0.05) is 121 Å². The van der Waals surface area contributed by atoms with Crippen molar-refractivity contribution in [2.45, 2.75) is 111 Å². The average Bonchev–Trinajstić information content (AvgIpc) is 2.64. The fraction of sp³-hybridized carbons (Fsp3) is 0.778. The Labute approximate surface area is 217 Å². The summed E-state index contributed by atoms with van der Waals surface area (Å²) < 4.78 is 14.4. The normalized spacial score (nSPS) is 17.9. The van der Waals surface area contributed by atoms with Crippen molar-refractivity contribution in [2.24, 2.45) is 11.8 Å². The molecule has 0 amide bonds. The van der Waals surface area contributed by atoms with E-state index in [0.29, 0.717) is 18.4 Å². The summed E-state index contributed by atoms with van der Waals surface area (Å²) in [4.78, 5) is 0. The molecule has 5 heteroatoms. The van der Waals surface area contributed by atoms with Crippen LogP contribution in [0.3, 0.4) is 0 Å². The van der Waals surface area contributed by atoms with Gasteiger partial charge in [-0.15, -0.1) is 0 Å². The molecule has 0 heterocycles. The second kappa shape index (κ2) is 13.4. The van der Waals surface area contributed by atoms with Crippen LogP contribution in [-0.2, 0) is 8.85 Å². The van der Waals surface area contributed by atoms with E-state index in [1.165, 1.54) is 5.57 Å². The van der Waals surface area contributed by atoms with E-state index >= 15 is 0 Å². The Morgan fingerprint density at radius 3 is 1.88 bits per heavy atom. The lowest BCUT2D eigenvalue weighted by Crippen LogP contribution is -2.44. The zero-order valence-corrected chi connectivity index (χ0v) is 27.6. The summed E-state index contributed by atoms with van der Waals surface area (Å²) in [6, 6.07) is 0. The predicted octanol–water partition coefficient (Wildman–Crippen LogP) is 9.55. The number of hydrogen-bond acceptors (Lipinski definition) is 2. The molecule has 0 fully saturated rings. The standard InChI is InChI=1S/C27H53IO2Si2/c1-14-24(20-22(2)21-28)17-18-25(30-32(12,13)27(7,8)9)23(3)16-15-19-29-31(10,11)26(4,5)6/h15-18,20,22-23,25H,14,19,21H2,1-13H3/b16-15-,18-17+,24-20-/t22-,23-,25-/m0/s1. The molecule has 0 unspecified atom stereocenters. The molecule has 3 atom stereocenters. The molecular formula is C27H53IO2Si2. The third kappa shape index (κ3) is 11.2. The summed E-state index contributed by atoms with van der Waals surface area (Å²) in [6.45, 7) is 30.6. The smallest absolute Gasteiger partial charge is 0.192 e. The summed E-state index contributed by atoms with van der Waals surface area (Å²) in [5.74, 6) is 0.892. The molecule has 0 spiro atoms. The van der Waals surface area contributed by atoms with Gasteiger partial charge < -0.3 is 8.85 Å². The van der Waals surface area contributed by atoms with Gasteiger partial charge in [0.1, 0.15) is 0 Å². The number of alkyl halides is 1. The Kier molecular flexibility index (Phi) is 13.5. The minimum Gasteiger partial charge on any atom is -0.413 e. The van der Waals surface area contributed by atoms with Crippen molar-refractivity contribution in [3.05, 3.63) is 36.0 Å². The topological polar surface area (TPSA) is 18.5 Å². The SMILES string of the molecule is CCC(=C/[C@H](C)CI)/C=C/[C@H](O[Si](C)(C)C(C)(C)C)[C@@H](C)/C=C\CO[Si](C)(C)C(C)(C)C. The maximum absolute atomic E-state index is 6.88. The van der Waals surface area contributed by atoms with Gasteiger partial charge in [0.2, 0.25) is 0 Å². The number of rotatable bonds is 12. The summed E-state index contributed by atoms with van der Waals surface area (Å²) in [7, 11) is -3.60. The highest BCUT2D eigenvalue weighted by molar-refractivity contribution is 14.1. The monoisotopic (exact) mass is 592 g/mol. The number of halogens is 1. The Morgan fingerprint density at radius 1 is 0.906 bits per heavy atom. The zero-order valence-electron chi connectivity index (χ0n) is 23.4. The van der Waals surface area contributed by atoms with Gasteiger partial charge in [0.05, 0.1) is 12.7 Å². The van der Waals surface area contributed by atoms with Crippen LogP contribution in [0.25, 0.3) is 0 Å². The van der Waals surface area contributed by atoms with Gasteiger partial charge in [-0.2, -0.15) is 0 Å². The van der Waals surface area contributed by atoms with Crippen LogP contribution in [0.2, 0.25) is 36.3 Å². The van der Waals surface area contributed by atoms with Crippen molar-refractivity contribution >= 4 is 39.2 Å².